The largest absolute Gasteiger partial charge is 0.462 e. The summed E-state index contributed by atoms with van der Waals surface area (Å²) >= 11 is 0. The molecule has 0 aliphatic carbocycles. The van der Waals surface area contributed by atoms with Crippen molar-refractivity contribution >= 4 is 12.0 Å². The summed E-state index contributed by atoms with van der Waals surface area (Å²) in [6.45, 7) is 2.44. The van der Waals surface area contributed by atoms with Crippen LogP contribution in [-0.4, -0.2) is 31.2 Å². The molecule has 1 atom stereocenters. The summed E-state index contributed by atoms with van der Waals surface area (Å²) in [5.41, 5.74) is 0. The summed E-state index contributed by atoms with van der Waals surface area (Å²) in [7, 11) is 0. The molecule has 0 aromatic carbocycles. The van der Waals surface area contributed by atoms with Gasteiger partial charge in [-0.2, -0.15) is 0 Å². The van der Waals surface area contributed by atoms with Gasteiger partial charge in [-0.05, 0) is 6.42 Å². The predicted molar refractivity (Wildman–Crippen MR) is 41.6 cm³/mol. The van der Waals surface area contributed by atoms with Crippen molar-refractivity contribution in [3.8, 4) is 0 Å². The first-order valence-electron chi connectivity index (χ1n) is 3.95. The summed E-state index contributed by atoms with van der Waals surface area (Å²) in [4.78, 5) is 22.0. The smallest absolute Gasteiger partial charge is 0.328 e. The first-order valence-corrected chi connectivity index (χ1v) is 3.95. The molecule has 0 unspecified atom stereocenters. The highest BCUT2D eigenvalue weighted by molar-refractivity contribution is 5.84. The van der Waals surface area contributed by atoms with Crippen LogP contribution in [-0.2, 0) is 9.53 Å². The number of hydrogen-bond acceptors (Lipinski definition) is 3. The molecule has 0 aromatic rings. The molecule has 12 heavy (non-hydrogen) atoms. The minimum atomic E-state index is -0.509. The molecule has 1 saturated heterocycles. The van der Waals surface area contributed by atoms with Crippen molar-refractivity contribution in [2.75, 3.05) is 13.2 Å². The van der Waals surface area contributed by atoms with E-state index in [1.165, 1.54) is 0 Å². The summed E-state index contributed by atoms with van der Waals surface area (Å²) in [5.74, 6) is -0.354. The number of hydrogen-bond donors (Lipinski definition) is 2. The predicted octanol–water partition coefficient (Wildman–Crippen LogP) is -0.379. The van der Waals surface area contributed by atoms with Crippen molar-refractivity contribution in [2.45, 2.75) is 19.4 Å². The molecule has 2 N–H and O–H groups in total. The molecule has 0 saturated carbocycles. The van der Waals surface area contributed by atoms with E-state index in [1.54, 1.807) is 0 Å². The Morgan fingerprint density at radius 2 is 2.33 bits per heavy atom. The number of rotatable bonds is 1. The SMILES string of the molecule is CC[C@@H]1NC(=O)NCCOC1=O. The Labute approximate surface area is 70.5 Å². The average Bonchev–Trinajstić information content (AvgIpc) is 2.05. The lowest BCUT2D eigenvalue weighted by atomic mass is 10.2. The molecule has 0 bridgehead atoms. The second-order valence-electron chi connectivity index (χ2n) is 2.53. The second-order valence-corrected chi connectivity index (χ2v) is 2.53. The van der Waals surface area contributed by atoms with Gasteiger partial charge in [-0.25, -0.2) is 9.59 Å². The highest BCUT2D eigenvalue weighted by atomic mass is 16.5. The molecule has 2 amide bonds. The van der Waals surface area contributed by atoms with Gasteiger partial charge in [-0.15, -0.1) is 0 Å². The molecule has 0 radical (unpaired) electrons. The van der Waals surface area contributed by atoms with Crippen LogP contribution in [0.25, 0.3) is 0 Å². The molecule has 5 heteroatoms. The maximum atomic E-state index is 11.1. The van der Waals surface area contributed by atoms with E-state index < -0.39 is 6.04 Å². The van der Waals surface area contributed by atoms with Crippen molar-refractivity contribution in [3.63, 3.8) is 0 Å². The zero-order valence-electron chi connectivity index (χ0n) is 6.92. The van der Waals surface area contributed by atoms with Crippen molar-refractivity contribution in [1.29, 1.82) is 0 Å². The third-order valence-electron chi connectivity index (χ3n) is 1.63. The molecule has 0 aromatic heterocycles. The Balaban J connectivity index is 2.55. The van der Waals surface area contributed by atoms with Crippen LogP contribution in [0, 0.1) is 0 Å². The number of ether oxygens (including phenoxy) is 1. The molecule has 1 fully saturated rings. The van der Waals surface area contributed by atoms with E-state index in [4.69, 9.17) is 4.74 Å². The van der Waals surface area contributed by atoms with Gasteiger partial charge in [0.05, 0.1) is 6.54 Å². The maximum Gasteiger partial charge on any atom is 0.328 e. The van der Waals surface area contributed by atoms with E-state index >= 15 is 0 Å². The van der Waals surface area contributed by atoms with E-state index in [0.29, 0.717) is 13.0 Å². The topological polar surface area (TPSA) is 67.4 Å². The monoisotopic (exact) mass is 172 g/mol. The Morgan fingerprint density at radius 1 is 1.58 bits per heavy atom. The van der Waals surface area contributed by atoms with Crippen LogP contribution in [0.5, 0.6) is 0 Å². The number of esters is 1. The van der Waals surface area contributed by atoms with E-state index in [0.717, 1.165) is 0 Å². The first-order chi connectivity index (χ1) is 5.74. The van der Waals surface area contributed by atoms with Gasteiger partial charge in [0.1, 0.15) is 12.6 Å². The molecule has 0 spiro atoms. The van der Waals surface area contributed by atoms with Crippen LogP contribution in [0.2, 0.25) is 0 Å². The third-order valence-corrected chi connectivity index (χ3v) is 1.63. The van der Waals surface area contributed by atoms with Gasteiger partial charge in [-0.1, -0.05) is 6.92 Å². The molecule has 5 nitrogen and oxygen atoms in total. The molecule has 1 aliphatic heterocycles. The normalized spacial score (nSPS) is 24.6. The maximum absolute atomic E-state index is 11.1. The van der Waals surface area contributed by atoms with Crippen LogP contribution in [0.1, 0.15) is 13.3 Å². The van der Waals surface area contributed by atoms with Crippen LogP contribution >= 0.6 is 0 Å². The average molecular weight is 172 g/mol. The van der Waals surface area contributed by atoms with Crippen LogP contribution in [0.4, 0.5) is 4.79 Å². The third kappa shape index (κ3) is 2.11. The number of nitrogens with one attached hydrogen (secondary N) is 2. The fraction of sp³-hybridized carbons (Fsp3) is 0.714. The minimum Gasteiger partial charge on any atom is -0.462 e. The Morgan fingerprint density at radius 3 is 3.00 bits per heavy atom. The lowest BCUT2D eigenvalue weighted by Crippen LogP contribution is -2.49. The van der Waals surface area contributed by atoms with Gasteiger partial charge in [0, 0.05) is 0 Å². The Hall–Kier alpha value is -1.26. The fourth-order valence-corrected chi connectivity index (χ4v) is 0.954. The molecular formula is C7H12N2O3. The summed E-state index contributed by atoms with van der Waals surface area (Å²) in [5, 5.41) is 5.04. The summed E-state index contributed by atoms with van der Waals surface area (Å²) in [6, 6.07) is -0.816. The van der Waals surface area contributed by atoms with E-state index in [1.807, 2.05) is 6.92 Å². The number of amides is 2. The van der Waals surface area contributed by atoms with Gasteiger partial charge in [-0.3, -0.25) is 0 Å². The van der Waals surface area contributed by atoms with Crippen molar-refractivity contribution < 1.29 is 14.3 Å². The number of carbonyl (C=O) groups excluding carboxylic acids is 2. The summed E-state index contributed by atoms with van der Waals surface area (Å²) in [6.07, 6.45) is 0.548. The zero-order chi connectivity index (χ0) is 8.97. The number of cyclic esters (lactones) is 1. The van der Waals surface area contributed by atoms with Crippen LogP contribution in [0.15, 0.2) is 0 Å². The van der Waals surface area contributed by atoms with Crippen LogP contribution < -0.4 is 10.6 Å². The minimum absolute atomic E-state index is 0.253. The highest BCUT2D eigenvalue weighted by Gasteiger charge is 2.21. The first kappa shape index (κ1) is 8.83. The van der Waals surface area contributed by atoms with E-state index in [9.17, 15) is 9.59 Å². The van der Waals surface area contributed by atoms with Crippen LogP contribution in [0.3, 0.4) is 0 Å². The molecule has 68 valence electrons. The highest BCUT2D eigenvalue weighted by Crippen LogP contribution is 1.96. The molecule has 1 heterocycles. The van der Waals surface area contributed by atoms with Gasteiger partial charge in [0.15, 0.2) is 0 Å². The van der Waals surface area contributed by atoms with E-state index in [-0.39, 0.29) is 18.6 Å². The van der Waals surface area contributed by atoms with Gasteiger partial charge >= 0.3 is 12.0 Å². The van der Waals surface area contributed by atoms with Gasteiger partial charge in [0.25, 0.3) is 0 Å². The standard InChI is InChI=1S/C7H12N2O3/c1-2-5-6(10)12-4-3-8-7(11)9-5/h5H,2-4H2,1H3,(H2,8,9,11)/t5-/m0/s1. The van der Waals surface area contributed by atoms with Crippen molar-refractivity contribution in [1.82, 2.24) is 10.6 Å². The van der Waals surface area contributed by atoms with Crippen molar-refractivity contribution in [3.05, 3.63) is 0 Å². The Bertz CT molecular complexity index is 193. The lowest BCUT2D eigenvalue weighted by Gasteiger charge is -2.19. The zero-order valence-corrected chi connectivity index (χ0v) is 6.92. The number of carbonyl (C=O) groups is 2. The second kappa shape index (κ2) is 3.94. The van der Waals surface area contributed by atoms with E-state index in [2.05, 4.69) is 10.6 Å². The molecule has 1 rings (SSSR count). The summed E-state index contributed by atoms with van der Waals surface area (Å²) < 4.78 is 4.82. The number of urea groups is 1. The molecule has 1 aliphatic rings. The quantitative estimate of drug-likeness (QED) is 0.530. The fourth-order valence-electron chi connectivity index (χ4n) is 0.954. The van der Waals surface area contributed by atoms with Crippen molar-refractivity contribution in [2.24, 2.45) is 0 Å². The van der Waals surface area contributed by atoms with Gasteiger partial charge < -0.3 is 15.4 Å². The van der Waals surface area contributed by atoms with Gasteiger partial charge in [0.2, 0.25) is 0 Å². The lowest BCUT2D eigenvalue weighted by molar-refractivity contribution is -0.146. The molecular weight excluding hydrogens is 160 g/mol. The Kier molecular flexibility index (Phi) is 2.90.